The molecule has 2 N–H and O–H groups in total. The summed E-state index contributed by atoms with van der Waals surface area (Å²) in [6, 6.07) is 1.56. The van der Waals surface area contributed by atoms with Crippen LogP contribution in [0.25, 0.3) is 0 Å². The largest absolute Gasteiger partial charge is 0.394 e. The molecule has 0 aliphatic carbocycles. The minimum atomic E-state index is -0.194. The van der Waals surface area contributed by atoms with Gasteiger partial charge in [0.1, 0.15) is 5.82 Å². The predicted octanol–water partition coefficient (Wildman–Crippen LogP) is 0.858. The van der Waals surface area contributed by atoms with Crippen molar-refractivity contribution in [3.8, 4) is 0 Å². The van der Waals surface area contributed by atoms with E-state index in [1.807, 2.05) is 6.92 Å². The van der Waals surface area contributed by atoms with Crippen molar-refractivity contribution in [1.82, 2.24) is 9.97 Å². The normalized spacial score (nSPS) is 12.5. The Bertz CT molecular complexity index is 302. The number of methoxy groups -OCH3 is 1. The Labute approximate surface area is 93.5 Å². The number of rotatable bonds is 5. The minimum absolute atomic E-state index is 0.0332. The third kappa shape index (κ3) is 3.99. The zero-order chi connectivity index (χ0) is 11.3. The smallest absolute Gasteiger partial charge is 0.224 e. The summed E-state index contributed by atoms with van der Waals surface area (Å²) in [7, 11) is 1.57. The van der Waals surface area contributed by atoms with Gasteiger partial charge in [0.2, 0.25) is 5.28 Å². The molecule has 0 amide bonds. The lowest BCUT2D eigenvalue weighted by Gasteiger charge is -2.15. The third-order valence-electron chi connectivity index (χ3n) is 1.77. The van der Waals surface area contributed by atoms with Gasteiger partial charge < -0.3 is 15.2 Å². The highest BCUT2D eigenvalue weighted by atomic mass is 35.5. The first-order valence-electron chi connectivity index (χ1n) is 4.53. The maximum absolute atomic E-state index is 9.04. The average Bonchev–Trinajstić information content (AvgIpc) is 2.15. The first-order chi connectivity index (χ1) is 7.15. The highest BCUT2D eigenvalue weighted by molar-refractivity contribution is 6.28. The van der Waals surface area contributed by atoms with Gasteiger partial charge in [-0.3, -0.25) is 0 Å². The molecule has 0 saturated carbocycles. The highest BCUT2D eigenvalue weighted by Crippen LogP contribution is 2.10. The number of hydrogen-bond acceptors (Lipinski definition) is 5. The van der Waals surface area contributed by atoms with Crippen LogP contribution in [0, 0.1) is 6.92 Å². The van der Waals surface area contributed by atoms with Gasteiger partial charge in [0, 0.05) is 18.9 Å². The van der Waals surface area contributed by atoms with E-state index in [9.17, 15) is 0 Å². The number of hydrogen-bond donors (Lipinski definition) is 2. The van der Waals surface area contributed by atoms with Gasteiger partial charge in [-0.05, 0) is 18.5 Å². The van der Waals surface area contributed by atoms with E-state index in [2.05, 4.69) is 15.3 Å². The number of nitrogens with zero attached hydrogens (tertiary/aromatic N) is 2. The molecule has 0 radical (unpaired) electrons. The molecule has 6 heteroatoms. The van der Waals surface area contributed by atoms with Crippen LogP contribution in [0.2, 0.25) is 5.28 Å². The standard InChI is InChI=1S/C9H14ClN3O2/c1-6-3-8(13-9(10)11-6)12-7(4-14)5-15-2/h3,7,14H,4-5H2,1-2H3,(H,11,12,13). The van der Waals surface area contributed by atoms with Crippen molar-refractivity contribution in [2.75, 3.05) is 25.6 Å². The molecule has 15 heavy (non-hydrogen) atoms. The second-order valence-electron chi connectivity index (χ2n) is 3.14. The number of aliphatic hydroxyl groups excluding tert-OH is 1. The average molecular weight is 232 g/mol. The molecule has 0 fully saturated rings. The Kier molecular flexibility index (Phi) is 4.74. The number of halogens is 1. The molecule has 0 saturated heterocycles. The molecular weight excluding hydrogens is 218 g/mol. The number of ether oxygens (including phenoxy) is 1. The van der Waals surface area contributed by atoms with Gasteiger partial charge in [-0.2, -0.15) is 0 Å². The molecule has 5 nitrogen and oxygen atoms in total. The maximum atomic E-state index is 9.04. The van der Waals surface area contributed by atoms with Crippen molar-refractivity contribution in [2.24, 2.45) is 0 Å². The fraction of sp³-hybridized carbons (Fsp3) is 0.556. The van der Waals surface area contributed by atoms with Crippen LogP contribution in [0.15, 0.2) is 6.07 Å². The van der Waals surface area contributed by atoms with Crippen molar-refractivity contribution < 1.29 is 9.84 Å². The number of aliphatic hydroxyl groups is 1. The molecule has 0 aliphatic rings. The summed E-state index contributed by atoms with van der Waals surface area (Å²) >= 11 is 5.70. The van der Waals surface area contributed by atoms with Crippen molar-refractivity contribution in [3.05, 3.63) is 17.0 Å². The maximum Gasteiger partial charge on any atom is 0.224 e. The van der Waals surface area contributed by atoms with E-state index in [1.165, 1.54) is 0 Å². The van der Waals surface area contributed by atoms with Crippen LogP contribution in [-0.4, -0.2) is 41.4 Å². The molecule has 1 unspecified atom stereocenters. The number of nitrogens with one attached hydrogen (secondary N) is 1. The molecule has 84 valence electrons. The molecular formula is C9H14ClN3O2. The van der Waals surface area contributed by atoms with Gasteiger partial charge in [0.05, 0.1) is 19.3 Å². The molecule has 0 spiro atoms. The van der Waals surface area contributed by atoms with Gasteiger partial charge in [-0.1, -0.05) is 0 Å². The summed E-state index contributed by atoms with van der Waals surface area (Å²) < 4.78 is 4.93. The zero-order valence-electron chi connectivity index (χ0n) is 8.70. The molecule has 0 bridgehead atoms. The van der Waals surface area contributed by atoms with E-state index in [1.54, 1.807) is 13.2 Å². The highest BCUT2D eigenvalue weighted by Gasteiger charge is 2.08. The Balaban J connectivity index is 2.69. The monoisotopic (exact) mass is 231 g/mol. The fourth-order valence-electron chi connectivity index (χ4n) is 1.16. The van der Waals surface area contributed by atoms with Crippen LogP contribution in [0.1, 0.15) is 5.69 Å². The van der Waals surface area contributed by atoms with Crippen LogP contribution in [0.5, 0.6) is 0 Å². The second kappa shape index (κ2) is 5.85. The summed E-state index contributed by atoms with van der Waals surface area (Å²) in [5, 5.41) is 12.2. The van der Waals surface area contributed by atoms with Crippen molar-refractivity contribution >= 4 is 17.4 Å². The van der Waals surface area contributed by atoms with Gasteiger partial charge in [-0.25, -0.2) is 9.97 Å². The second-order valence-corrected chi connectivity index (χ2v) is 3.48. The first kappa shape index (κ1) is 12.2. The Hall–Kier alpha value is -0.910. The van der Waals surface area contributed by atoms with Crippen molar-refractivity contribution in [3.63, 3.8) is 0 Å². The van der Waals surface area contributed by atoms with E-state index in [-0.39, 0.29) is 17.9 Å². The molecule has 0 aliphatic heterocycles. The molecule has 1 rings (SSSR count). The third-order valence-corrected chi connectivity index (χ3v) is 1.94. The summed E-state index contributed by atoms with van der Waals surface area (Å²) in [5.74, 6) is 0.587. The molecule has 1 aromatic rings. The van der Waals surface area contributed by atoms with Gasteiger partial charge in [0.15, 0.2) is 0 Å². The predicted molar refractivity (Wildman–Crippen MR) is 58.2 cm³/mol. The molecule has 0 aromatic carbocycles. The zero-order valence-corrected chi connectivity index (χ0v) is 9.45. The molecule has 1 heterocycles. The molecule has 1 aromatic heterocycles. The lowest BCUT2D eigenvalue weighted by molar-refractivity contribution is 0.153. The topological polar surface area (TPSA) is 67.3 Å². The van der Waals surface area contributed by atoms with Gasteiger partial charge in [0.25, 0.3) is 0 Å². The Morgan fingerprint density at radius 3 is 2.87 bits per heavy atom. The summed E-state index contributed by atoms with van der Waals surface area (Å²) in [6.07, 6.45) is 0. The van der Waals surface area contributed by atoms with E-state index in [0.29, 0.717) is 12.4 Å². The fourth-order valence-corrected chi connectivity index (χ4v) is 1.38. The number of aryl methyl sites for hydroxylation is 1. The number of aromatic nitrogens is 2. The van der Waals surface area contributed by atoms with Crippen LogP contribution in [-0.2, 0) is 4.74 Å². The number of anilines is 1. The summed E-state index contributed by atoms with van der Waals surface area (Å²) in [6.45, 7) is 2.19. The van der Waals surface area contributed by atoms with Crippen LogP contribution in [0.4, 0.5) is 5.82 Å². The Morgan fingerprint density at radius 2 is 2.33 bits per heavy atom. The Morgan fingerprint density at radius 1 is 1.60 bits per heavy atom. The van der Waals surface area contributed by atoms with Crippen molar-refractivity contribution in [2.45, 2.75) is 13.0 Å². The lowest BCUT2D eigenvalue weighted by atomic mass is 10.3. The van der Waals surface area contributed by atoms with E-state index >= 15 is 0 Å². The first-order valence-corrected chi connectivity index (χ1v) is 4.91. The van der Waals surface area contributed by atoms with E-state index in [0.717, 1.165) is 5.69 Å². The lowest BCUT2D eigenvalue weighted by Crippen LogP contribution is -2.29. The quantitative estimate of drug-likeness (QED) is 0.736. The SMILES string of the molecule is COCC(CO)Nc1cc(C)nc(Cl)n1. The molecule has 1 atom stereocenters. The van der Waals surface area contributed by atoms with Gasteiger partial charge >= 0.3 is 0 Å². The summed E-state index contributed by atoms with van der Waals surface area (Å²) in [4.78, 5) is 7.91. The minimum Gasteiger partial charge on any atom is -0.394 e. The van der Waals surface area contributed by atoms with Crippen LogP contribution < -0.4 is 5.32 Å². The van der Waals surface area contributed by atoms with Crippen molar-refractivity contribution in [1.29, 1.82) is 0 Å². The van der Waals surface area contributed by atoms with Crippen LogP contribution >= 0.6 is 11.6 Å². The van der Waals surface area contributed by atoms with Crippen LogP contribution in [0.3, 0.4) is 0 Å². The van der Waals surface area contributed by atoms with E-state index in [4.69, 9.17) is 21.4 Å². The summed E-state index contributed by atoms with van der Waals surface area (Å²) in [5.41, 5.74) is 0.770. The van der Waals surface area contributed by atoms with Gasteiger partial charge in [-0.15, -0.1) is 0 Å². The van der Waals surface area contributed by atoms with E-state index < -0.39 is 0 Å².